The van der Waals surface area contributed by atoms with E-state index in [0.29, 0.717) is 0 Å². The molecule has 0 rings (SSSR count). The Hall–Kier alpha value is 1.04. The van der Waals surface area contributed by atoms with Crippen LogP contribution in [0.2, 0.25) is 0 Å². The minimum atomic E-state index is -1.00. The monoisotopic (exact) mass is 163 g/mol. The van der Waals surface area contributed by atoms with Crippen molar-refractivity contribution in [3.05, 3.63) is 0 Å². The van der Waals surface area contributed by atoms with Crippen LogP contribution in [-0.4, -0.2) is 60.6 Å². The van der Waals surface area contributed by atoms with E-state index in [9.17, 15) is 4.79 Å². The van der Waals surface area contributed by atoms with Crippen LogP contribution in [0.3, 0.4) is 0 Å². The van der Waals surface area contributed by atoms with Crippen molar-refractivity contribution < 1.29 is 9.90 Å². The van der Waals surface area contributed by atoms with Gasteiger partial charge in [0.1, 0.15) is 6.04 Å². The molecule has 0 aliphatic heterocycles. The van der Waals surface area contributed by atoms with E-state index in [0.717, 1.165) is 0 Å². The number of carboxylic acid groups (broad SMARTS) is 1. The Balaban J connectivity index is 0. The van der Waals surface area contributed by atoms with Crippen LogP contribution in [0.5, 0.6) is 0 Å². The zero-order valence-corrected chi connectivity index (χ0v) is 4.56. The standard InChI is InChI=1S/C3H7NO2S.Ca.2H/c4-2(1-7)3(5)6;;;/h2,7H,1,4H2,(H,5,6);;;. The number of nitrogens with two attached hydrogens (primary N) is 1. The third-order valence-electron chi connectivity index (χ3n) is 0.514. The van der Waals surface area contributed by atoms with Gasteiger partial charge in [0.25, 0.3) is 0 Å². The van der Waals surface area contributed by atoms with E-state index >= 15 is 0 Å². The van der Waals surface area contributed by atoms with Crippen LogP contribution in [-0.2, 0) is 4.79 Å². The summed E-state index contributed by atoms with van der Waals surface area (Å²) in [5.74, 6) is -0.815. The van der Waals surface area contributed by atoms with Crippen LogP contribution in [0.1, 0.15) is 0 Å². The number of hydrogen-bond donors (Lipinski definition) is 3. The molecule has 0 aromatic carbocycles. The maximum absolute atomic E-state index is 9.76. The number of aliphatic carboxylic acids is 1. The third kappa shape index (κ3) is 5.18. The molecule has 8 heavy (non-hydrogen) atoms. The Morgan fingerprint density at radius 1 is 1.88 bits per heavy atom. The molecule has 0 bridgehead atoms. The zero-order chi connectivity index (χ0) is 5.86. The summed E-state index contributed by atoms with van der Waals surface area (Å²) in [6.45, 7) is 0. The van der Waals surface area contributed by atoms with Gasteiger partial charge >= 0.3 is 43.7 Å². The molecule has 0 amide bonds. The van der Waals surface area contributed by atoms with Gasteiger partial charge in [0.2, 0.25) is 0 Å². The second kappa shape index (κ2) is 6.16. The molecule has 0 aliphatic rings. The van der Waals surface area contributed by atoms with Gasteiger partial charge in [0, 0.05) is 5.75 Å². The molecule has 0 fully saturated rings. The molecule has 0 spiro atoms. The van der Waals surface area contributed by atoms with Crippen LogP contribution in [0, 0.1) is 0 Å². The number of carbonyl (C=O) groups is 1. The van der Waals surface area contributed by atoms with Crippen LogP contribution in [0.4, 0.5) is 0 Å². The van der Waals surface area contributed by atoms with Crippen molar-refractivity contribution >= 4 is 56.3 Å². The molecule has 0 aromatic heterocycles. The van der Waals surface area contributed by atoms with Gasteiger partial charge in [-0.15, -0.1) is 0 Å². The summed E-state index contributed by atoms with van der Waals surface area (Å²) in [4.78, 5) is 9.76. The SMILES string of the molecule is NC(CS)C(=O)O.[CaH2]. The third-order valence-corrected chi connectivity index (χ3v) is 0.907. The summed E-state index contributed by atoms with van der Waals surface area (Å²) >= 11 is 3.65. The number of carboxylic acids is 1. The quantitative estimate of drug-likeness (QED) is 0.340. The fraction of sp³-hybridized carbons (Fsp3) is 0.667. The Labute approximate surface area is 83.0 Å². The molecule has 1 atom stereocenters. The van der Waals surface area contributed by atoms with E-state index in [4.69, 9.17) is 10.8 Å². The van der Waals surface area contributed by atoms with Crippen molar-refractivity contribution in [1.82, 2.24) is 0 Å². The minimum absolute atomic E-state index is 0. The van der Waals surface area contributed by atoms with Crippen molar-refractivity contribution in [2.45, 2.75) is 6.04 Å². The Bertz CT molecular complexity index is 79.7. The molecular formula is C3H9CaNO2S. The van der Waals surface area contributed by atoms with Gasteiger partial charge in [-0.2, -0.15) is 12.6 Å². The summed E-state index contributed by atoms with van der Waals surface area (Å²) in [5, 5.41) is 8.01. The Kier molecular flexibility index (Phi) is 9.08. The van der Waals surface area contributed by atoms with Gasteiger partial charge in [-0.1, -0.05) is 0 Å². The predicted molar refractivity (Wildman–Crippen MR) is 38.0 cm³/mol. The van der Waals surface area contributed by atoms with E-state index in [1.165, 1.54) is 0 Å². The molecule has 0 saturated carbocycles. The Morgan fingerprint density at radius 3 is 2.25 bits per heavy atom. The molecule has 0 heterocycles. The molecule has 0 aliphatic carbocycles. The van der Waals surface area contributed by atoms with Crippen molar-refractivity contribution in [3.8, 4) is 0 Å². The van der Waals surface area contributed by atoms with Crippen molar-refractivity contribution in [3.63, 3.8) is 0 Å². The molecule has 0 saturated heterocycles. The molecule has 5 heteroatoms. The molecule has 46 valence electrons. The van der Waals surface area contributed by atoms with Crippen molar-refractivity contribution in [2.24, 2.45) is 5.73 Å². The fourth-order valence-corrected chi connectivity index (χ4v) is 0.234. The second-order valence-electron chi connectivity index (χ2n) is 1.13. The van der Waals surface area contributed by atoms with Crippen molar-refractivity contribution in [2.75, 3.05) is 5.75 Å². The van der Waals surface area contributed by atoms with Gasteiger partial charge in [-0.25, -0.2) is 0 Å². The number of hydrogen-bond acceptors (Lipinski definition) is 3. The first-order valence-electron chi connectivity index (χ1n) is 1.77. The second-order valence-corrected chi connectivity index (χ2v) is 1.49. The van der Waals surface area contributed by atoms with Gasteiger partial charge in [-0.3, -0.25) is 4.79 Å². The normalized spacial score (nSPS) is 11.8. The summed E-state index contributed by atoms with van der Waals surface area (Å²) in [6, 6.07) is -0.816. The first-order valence-corrected chi connectivity index (χ1v) is 2.41. The zero-order valence-electron chi connectivity index (χ0n) is 3.66. The van der Waals surface area contributed by atoms with Crippen LogP contribution < -0.4 is 5.73 Å². The summed E-state index contributed by atoms with van der Waals surface area (Å²) in [6.07, 6.45) is 0. The van der Waals surface area contributed by atoms with E-state index in [2.05, 4.69) is 12.6 Å². The van der Waals surface area contributed by atoms with E-state index < -0.39 is 12.0 Å². The average molecular weight is 163 g/mol. The first kappa shape index (κ1) is 11.8. The van der Waals surface area contributed by atoms with E-state index in [1.54, 1.807) is 0 Å². The molecular weight excluding hydrogens is 154 g/mol. The molecule has 0 aromatic rings. The van der Waals surface area contributed by atoms with Crippen LogP contribution >= 0.6 is 12.6 Å². The maximum atomic E-state index is 9.76. The van der Waals surface area contributed by atoms with Crippen LogP contribution in [0.25, 0.3) is 0 Å². The average Bonchev–Trinajstić information content (AvgIpc) is 1.65. The van der Waals surface area contributed by atoms with Gasteiger partial charge in [0.15, 0.2) is 0 Å². The van der Waals surface area contributed by atoms with Crippen molar-refractivity contribution in [1.29, 1.82) is 0 Å². The fourth-order valence-electron chi connectivity index (χ4n) is 0.0781. The van der Waals surface area contributed by atoms with E-state index in [1.807, 2.05) is 0 Å². The van der Waals surface area contributed by atoms with Crippen LogP contribution in [0.15, 0.2) is 0 Å². The summed E-state index contributed by atoms with van der Waals surface area (Å²) < 4.78 is 0. The molecule has 0 radical (unpaired) electrons. The summed E-state index contributed by atoms with van der Waals surface area (Å²) in [5.41, 5.74) is 4.94. The predicted octanol–water partition coefficient (Wildman–Crippen LogP) is -1.59. The first-order chi connectivity index (χ1) is 3.18. The van der Waals surface area contributed by atoms with Gasteiger partial charge < -0.3 is 10.8 Å². The van der Waals surface area contributed by atoms with Gasteiger partial charge in [-0.05, 0) is 0 Å². The Morgan fingerprint density at radius 2 is 2.25 bits per heavy atom. The number of rotatable bonds is 2. The molecule has 3 N–H and O–H groups in total. The topological polar surface area (TPSA) is 63.3 Å². The van der Waals surface area contributed by atoms with E-state index in [-0.39, 0.29) is 43.5 Å². The molecule has 1 unspecified atom stereocenters. The van der Waals surface area contributed by atoms with Gasteiger partial charge in [0.05, 0.1) is 0 Å². The number of thiol groups is 1. The summed E-state index contributed by atoms with van der Waals surface area (Å²) in [7, 11) is 0. The molecule has 3 nitrogen and oxygen atoms in total.